The molecule has 1 unspecified atom stereocenters. The standard InChI is InChI=1S/C13H18FNS/c1-15-12(8-10-2-3-10)9-16-13-6-4-11(14)5-7-13/h4-7,10,12,15H,2-3,8-9H2,1H3. The molecule has 1 aromatic carbocycles. The molecule has 1 fully saturated rings. The van der Waals surface area contributed by atoms with Crippen LogP contribution in [0.4, 0.5) is 4.39 Å². The fourth-order valence-corrected chi connectivity index (χ4v) is 2.78. The van der Waals surface area contributed by atoms with Crippen molar-refractivity contribution in [2.45, 2.75) is 30.2 Å². The first-order chi connectivity index (χ1) is 7.78. The summed E-state index contributed by atoms with van der Waals surface area (Å²) < 4.78 is 12.7. The summed E-state index contributed by atoms with van der Waals surface area (Å²) in [6.45, 7) is 0. The molecule has 0 aromatic heterocycles. The van der Waals surface area contributed by atoms with Crippen LogP contribution >= 0.6 is 11.8 Å². The van der Waals surface area contributed by atoms with E-state index in [0.29, 0.717) is 6.04 Å². The molecule has 0 saturated heterocycles. The Morgan fingerprint density at radius 1 is 1.38 bits per heavy atom. The van der Waals surface area contributed by atoms with Crippen molar-refractivity contribution < 1.29 is 4.39 Å². The second kappa shape index (κ2) is 5.69. The molecule has 88 valence electrons. The van der Waals surface area contributed by atoms with Crippen LogP contribution in [-0.4, -0.2) is 18.8 Å². The Hall–Kier alpha value is -0.540. The second-order valence-corrected chi connectivity index (χ2v) is 5.52. The monoisotopic (exact) mass is 239 g/mol. The molecule has 2 rings (SSSR count). The number of hydrogen-bond donors (Lipinski definition) is 1. The lowest BCUT2D eigenvalue weighted by atomic mass is 10.2. The van der Waals surface area contributed by atoms with E-state index in [0.717, 1.165) is 16.6 Å². The van der Waals surface area contributed by atoms with Gasteiger partial charge in [-0.15, -0.1) is 11.8 Å². The highest BCUT2D eigenvalue weighted by Crippen LogP contribution is 2.34. The van der Waals surface area contributed by atoms with Crippen LogP contribution in [0.3, 0.4) is 0 Å². The first kappa shape index (κ1) is 11.9. The van der Waals surface area contributed by atoms with Crippen LogP contribution in [0.2, 0.25) is 0 Å². The molecule has 1 aromatic rings. The van der Waals surface area contributed by atoms with Gasteiger partial charge in [-0.1, -0.05) is 12.8 Å². The summed E-state index contributed by atoms with van der Waals surface area (Å²) in [6, 6.07) is 7.34. The van der Waals surface area contributed by atoms with Gasteiger partial charge in [0, 0.05) is 16.7 Å². The molecule has 16 heavy (non-hydrogen) atoms. The Kier molecular flexibility index (Phi) is 4.24. The lowest BCUT2D eigenvalue weighted by molar-refractivity contribution is 0.536. The molecule has 0 amide bonds. The normalized spacial score (nSPS) is 17.4. The van der Waals surface area contributed by atoms with Crippen LogP contribution in [-0.2, 0) is 0 Å². The highest BCUT2D eigenvalue weighted by atomic mass is 32.2. The molecule has 3 heteroatoms. The van der Waals surface area contributed by atoms with Gasteiger partial charge in [-0.25, -0.2) is 4.39 Å². The molecule has 0 bridgehead atoms. The van der Waals surface area contributed by atoms with Gasteiger partial charge in [0.05, 0.1) is 0 Å². The van der Waals surface area contributed by atoms with Crippen molar-refractivity contribution in [3.8, 4) is 0 Å². The Morgan fingerprint density at radius 2 is 2.06 bits per heavy atom. The van der Waals surface area contributed by atoms with E-state index in [1.165, 1.54) is 31.4 Å². The minimum Gasteiger partial charge on any atom is -0.316 e. The lowest BCUT2D eigenvalue weighted by Gasteiger charge is -2.15. The zero-order chi connectivity index (χ0) is 11.4. The fourth-order valence-electron chi connectivity index (χ4n) is 1.75. The van der Waals surface area contributed by atoms with Gasteiger partial charge in [-0.05, 0) is 43.7 Å². The summed E-state index contributed by atoms with van der Waals surface area (Å²) in [5.74, 6) is 1.86. The summed E-state index contributed by atoms with van der Waals surface area (Å²) in [6.07, 6.45) is 4.09. The predicted octanol–water partition coefficient (Wildman–Crippen LogP) is 3.31. The highest BCUT2D eigenvalue weighted by Gasteiger charge is 2.24. The van der Waals surface area contributed by atoms with Crippen LogP contribution in [0.25, 0.3) is 0 Å². The van der Waals surface area contributed by atoms with Crippen LogP contribution in [0.1, 0.15) is 19.3 Å². The van der Waals surface area contributed by atoms with E-state index < -0.39 is 0 Å². The number of halogens is 1. The van der Waals surface area contributed by atoms with E-state index in [1.807, 2.05) is 19.2 Å². The topological polar surface area (TPSA) is 12.0 Å². The van der Waals surface area contributed by atoms with Crippen LogP contribution in [0.15, 0.2) is 29.2 Å². The Morgan fingerprint density at radius 3 is 2.62 bits per heavy atom. The van der Waals surface area contributed by atoms with E-state index >= 15 is 0 Å². The highest BCUT2D eigenvalue weighted by molar-refractivity contribution is 7.99. The van der Waals surface area contributed by atoms with Gasteiger partial charge < -0.3 is 5.32 Å². The smallest absolute Gasteiger partial charge is 0.123 e. The molecule has 1 aliphatic rings. The molecular weight excluding hydrogens is 221 g/mol. The van der Waals surface area contributed by atoms with Gasteiger partial charge in [0.15, 0.2) is 0 Å². The largest absolute Gasteiger partial charge is 0.316 e. The zero-order valence-electron chi connectivity index (χ0n) is 9.58. The maximum Gasteiger partial charge on any atom is 0.123 e. The van der Waals surface area contributed by atoms with Crippen molar-refractivity contribution in [2.24, 2.45) is 5.92 Å². The first-order valence-electron chi connectivity index (χ1n) is 5.83. The summed E-state index contributed by atoms with van der Waals surface area (Å²) in [7, 11) is 2.03. The second-order valence-electron chi connectivity index (χ2n) is 4.43. The van der Waals surface area contributed by atoms with Crippen molar-refractivity contribution in [3.63, 3.8) is 0 Å². The minimum absolute atomic E-state index is 0.160. The van der Waals surface area contributed by atoms with Gasteiger partial charge in [0.2, 0.25) is 0 Å². The van der Waals surface area contributed by atoms with E-state index in [9.17, 15) is 4.39 Å². The SMILES string of the molecule is CNC(CSc1ccc(F)cc1)CC1CC1. The third-order valence-corrected chi connectivity index (χ3v) is 4.16. The molecule has 1 aliphatic carbocycles. The van der Waals surface area contributed by atoms with E-state index in [1.54, 1.807) is 11.8 Å². The molecule has 0 aliphatic heterocycles. The average Bonchev–Trinajstić information content (AvgIpc) is 3.10. The van der Waals surface area contributed by atoms with Crippen molar-refractivity contribution >= 4 is 11.8 Å². The molecule has 1 saturated carbocycles. The van der Waals surface area contributed by atoms with Crippen molar-refractivity contribution in [1.82, 2.24) is 5.32 Å². The van der Waals surface area contributed by atoms with Crippen LogP contribution in [0, 0.1) is 11.7 Å². The quantitative estimate of drug-likeness (QED) is 0.764. The van der Waals surface area contributed by atoms with Gasteiger partial charge in [0.25, 0.3) is 0 Å². The summed E-state index contributed by atoms with van der Waals surface area (Å²) >= 11 is 1.80. The lowest BCUT2D eigenvalue weighted by Crippen LogP contribution is -2.28. The van der Waals surface area contributed by atoms with E-state index in [-0.39, 0.29) is 5.82 Å². The molecule has 1 N–H and O–H groups in total. The fraction of sp³-hybridized carbons (Fsp3) is 0.538. The van der Waals surface area contributed by atoms with Crippen molar-refractivity contribution in [3.05, 3.63) is 30.1 Å². The van der Waals surface area contributed by atoms with E-state index in [4.69, 9.17) is 0 Å². The molecule has 0 heterocycles. The molecular formula is C13H18FNS. The van der Waals surface area contributed by atoms with Crippen molar-refractivity contribution in [1.29, 1.82) is 0 Å². The maximum atomic E-state index is 12.7. The van der Waals surface area contributed by atoms with Gasteiger partial charge >= 0.3 is 0 Å². The van der Waals surface area contributed by atoms with Gasteiger partial charge in [0.1, 0.15) is 5.82 Å². The number of rotatable bonds is 6. The molecule has 0 spiro atoms. The van der Waals surface area contributed by atoms with E-state index in [2.05, 4.69) is 5.32 Å². The van der Waals surface area contributed by atoms with Crippen LogP contribution in [0.5, 0.6) is 0 Å². The van der Waals surface area contributed by atoms with Gasteiger partial charge in [-0.3, -0.25) is 0 Å². The molecule has 1 nitrogen and oxygen atoms in total. The predicted molar refractivity (Wildman–Crippen MR) is 67.3 cm³/mol. The first-order valence-corrected chi connectivity index (χ1v) is 6.82. The minimum atomic E-state index is -0.160. The zero-order valence-corrected chi connectivity index (χ0v) is 10.4. The summed E-state index contributed by atoms with van der Waals surface area (Å²) in [5, 5.41) is 3.36. The number of nitrogens with one attached hydrogen (secondary N) is 1. The third kappa shape index (κ3) is 3.80. The number of thioether (sulfide) groups is 1. The Labute approximate surface area is 101 Å². The third-order valence-electron chi connectivity index (χ3n) is 2.99. The Balaban J connectivity index is 1.77. The maximum absolute atomic E-state index is 12.7. The average molecular weight is 239 g/mol. The van der Waals surface area contributed by atoms with Crippen LogP contribution < -0.4 is 5.32 Å². The van der Waals surface area contributed by atoms with Crippen molar-refractivity contribution in [2.75, 3.05) is 12.8 Å². The molecule has 0 radical (unpaired) electrons. The summed E-state index contributed by atoms with van der Waals surface area (Å²) in [5.41, 5.74) is 0. The van der Waals surface area contributed by atoms with Gasteiger partial charge in [-0.2, -0.15) is 0 Å². The summed E-state index contributed by atoms with van der Waals surface area (Å²) in [4.78, 5) is 1.15. The Bertz CT molecular complexity index is 321. The number of hydrogen-bond acceptors (Lipinski definition) is 2. The number of benzene rings is 1. The molecule has 1 atom stereocenters.